The van der Waals surface area contributed by atoms with Crippen LogP contribution in [0.5, 0.6) is 0 Å². The highest BCUT2D eigenvalue weighted by Gasteiger charge is 2.19. The summed E-state index contributed by atoms with van der Waals surface area (Å²) in [5.74, 6) is -0.789. The topological polar surface area (TPSA) is 68.3 Å². The number of aromatic nitrogens is 1. The van der Waals surface area contributed by atoms with Gasteiger partial charge in [0.2, 0.25) is 0 Å². The molecule has 3 rings (SSSR count). The van der Waals surface area contributed by atoms with Crippen molar-refractivity contribution in [3.63, 3.8) is 0 Å². The summed E-state index contributed by atoms with van der Waals surface area (Å²) in [5.41, 5.74) is 1.77. The van der Waals surface area contributed by atoms with E-state index in [1.54, 1.807) is 30.6 Å². The highest BCUT2D eigenvalue weighted by Crippen LogP contribution is 2.36. The number of carbonyl (C=O) groups excluding carboxylic acids is 2. The molecule has 5 nitrogen and oxygen atoms in total. The van der Waals surface area contributed by atoms with E-state index >= 15 is 0 Å². The Morgan fingerprint density at radius 2 is 1.79 bits per heavy atom. The quantitative estimate of drug-likeness (QED) is 0.734. The first-order chi connectivity index (χ1) is 11.7. The second kappa shape index (κ2) is 7.06. The van der Waals surface area contributed by atoms with Gasteiger partial charge < -0.3 is 10.1 Å². The number of amides is 1. The summed E-state index contributed by atoms with van der Waals surface area (Å²) in [6, 6.07) is 14.6. The number of nitrogens with zero attached hydrogens (tertiary/aromatic N) is 1. The summed E-state index contributed by atoms with van der Waals surface area (Å²) >= 11 is 1.33. The largest absolute Gasteiger partial charge is 0.465 e. The van der Waals surface area contributed by atoms with E-state index < -0.39 is 5.97 Å². The van der Waals surface area contributed by atoms with E-state index in [9.17, 15) is 9.59 Å². The number of thiophene rings is 1. The predicted molar refractivity (Wildman–Crippen MR) is 93.3 cm³/mol. The van der Waals surface area contributed by atoms with Crippen LogP contribution in [-0.2, 0) is 4.74 Å². The van der Waals surface area contributed by atoms with Crippen LogP contribution in [0.4, 0.5) is 5.00 Å². The van der Waals surface area contributed by atoms with Gasteiger partial charge in [-0.2, -0.15) is 0 Å². The molecular formula is C18H14N2O3S. The van der Waals surface area contributed by atoms with Gasteiger partial charge in [0.25, 0.3) is 5.91 Å². The SMILES string of the molecule is COC(=O)c1cc(-c2ccccc2)sc1NC(=O)c1ccncc1. The number of rotatable bonds is 4. The van der Waals surface area contributed by atoms with Crippen LogP contribution in [0.15, 0.2) is 60.9 Å². The summed E-state index contributed by atoms with van der Waals surface area (Å²) in [5, 5.41) is 3.24. The Kier molecular flexibility index (Phi) is 4.67. The molecule has 6 heteroatoms. The standard InChI is InChI=1S/C18H14N2O3S/c1-23-18(22)14-11-15(12-5-3-2-4-6-12)24-17(14)20-16(21)13-7-9-19-10-8-13/h2-11H,1H3,(H,20,21). The number of hydrogen-bond acceptors (Lipinski definition) is 5. The zero-order valence-electron chi connectivity index (χ0n) is 12.9. The molecule has 0 aliphatic heterocycles. The van der Waals surface area contributed by atoms with Crippen LogP contribution in [0.2, 0.25) is 0 Å². The van der Waals surface area contributed by atoms with Gasteiger partial charge in [-0.3, -0.25) is 9.78 Å². The maximum absolute atomic E-state index is 12.3. The van der Waals surface area contributed by atoms with E-state index in [0.717, 1.165) is 10.4 Å². The summed E-state index contributed by atoms with van der Waals surface area (Å²) < 4.78 is 4.82. The van der Waals surface area contributed by atoms with E-state index in [2.05, 4.69) is 10.3 Å². The zero-order valence-corrected chi connectivity index (χ0v) is 13.7. The van der Waals surface area contributed by atoms with Gasteiger partial charge in [0, 0.05) is 22.8 Å². The number of nitrogens with one attached hydrogen (secondary N) is 1. The minimum atomic E-state index is -0.488. The van der Waals surface area contributed by atoms with Crippen molar-refractivity contribution < 1.29 is 14.3 Å². The van der Waals surface area contributed by atoms with Crippen molar-refractivity contribution in [2.45, 2.75) is 0 Å². The van der Waals surface area contributed by atoms with Gasteiger partial charge in [0.1, 0.15) is 5.00 Å². The number of benzene rings is 1. The van der Waals surface area contributed by atoms with Crippen LogP contribution in [-0.4, -0.2) is 24.0 Å². The molecule has 0 unspecified atom stereocenters. The fourth-order valence-corrected chi connectivity index (χ4v) is 3.22. The Balaban J connectivity index is 1.95. The highest BCUT2D eigenvalue weighted by molar-refractivity contribution is 7.20. The molecule has 3 aromatic rings. The van der Waals surface area contributed by atoms with Crippen molar-refractivity contribution in [1.82, 2.24) is 4.98 Å². The molecular weight excluding hydrogens is 324 g/mol. The summed E-state index contributed by atoms with van der Waals surface area (Å²) in [7, 11) is 1.32. The lowest BCUT2D eigenvalue weighted by atomic mass is 10.1. The first-order valence-electron chi connectivity index (χ1n) is 7.18. The molecule has 0 bridgehead atoms. The Labute approximate surface area is 142 Å². The number of anilines is 1. The Hall–Kier alpha value is -2.99. The van der Waals surface area contributed by atoms with E-state index in [0.29, 0.717) is 16.1 Å². The van der Waals surface area contributed by atoms with Crippen LogP contribution >= 0.6 is 11.3 Å². The lowest BCUT2D eigenvalue weighted by molar-refractivity contribution is 0.0602. The Morgan fingerprint density at radius 3 is 2.46 bits per heavy atom. The predicted octanol–water partition coefficient (Wildman–Crippen LogP) is 3.85. The highest BCUT2D eigenvalue weighted by atomic mass is 32.1. The van der Waals surface area contributed by atoms with Crippen molar-refractivity contribution in [2.24, 2.45) is 0 Å². The third kappa shape index (κ3) is 3.33. The summed E-state index contributed by atoms with van der Waals surface area (Å²) in [6.45, 7) is 0. The monoisotopic (exact) mass is 338 g/mol. The number of esters is 1. The van der Waals surface area contributed by atoms with Crippen molar-refractivity contribution in [2.75, 3.05) is 12.4 Å². The molecule has 0 atom stereocenters. The normalized spacial score (nSPS) is 10.2. The Bertz CT molecular complexity index is 860. The first kappa shape index (κ1) is 15.9. The number of hydrogen-bond donors (Lipinski definition) is 1. The van der Waals surface area contributed by atoms with Gasteiger partial charge in [-0.15, -0.1) is 11.3 Å². The van der Waals surface area contributed by atoms with Crippen molar-refractivity contribution in [3.8, 4) is 10.4 Å². The summed E-state index contributed by atoms with van der Waals surface area (Å²) in [4.78, 5) is 29.1. The fraction of sp³-hybridized carbons (Fsp3) is 0.0556. The van der Waals surface area contributed by atoms with Gasteiger partial charge in [-0.05, 0) is 23.8 Å². The molecule has 1 amide bonds. The first-order valence-corrected chi connectivity index (χ1v) is 7.99. The van der Waals surface area contributed by atoms with Gasteiger partial charge in [-0.1, -0.05) is 30.3 Å². The van der Waals surface area contributed by atoms with Crippen molar-refractivity contribution >= 4 is 28.2 Å². The average Bonchev–Trinajstić information content (AvgIpc) is 3.06. The molecule has 0 aliphatic carbocycles. The maximum atomic E-state index is 12.3. The third-order valence-corrected chi connectivity index (χ3v) is 4.46. The van der Waals surface area contributed by atoms with Crippen LogP contribution in [0, 0.1) is 0 Å². The molecule has 1 aromatic carbocycles. The number of carbonyl (C=O) groups is 2. The molecule has 120 valence electrons. The maximum Gasteiger partial charge on any atom is 0.340 e. The number of ether oxygens (including phenoxy) is 1. The van der Waals surface area contributed by atoms with Gasteiger partial charge in [0.15, 0.2) is 0 Å². The second-order valence-corrected chi connectivity index (χ2v) is 5.95. The third-order valence-electron chi connectivity index (χ3n) is 3.37. The van der Waals surface area contributed by atoms with Crippen molar-refractivity contribution in [1.29, 1.82) is 0 Å². The zero-order chi connectivity index (χ0) is 16.9. The lowest BCUT2D eigenvalue weighted by Gasteiger charge is -2.04. The van der Waals surface area contributed by atoms with Gasteiger partial charge in [-0.25, -0.2) is 4.79 Å². The lowest BCUT2D eigenvalue weighted by Crippen LogP contribution is -2.13. The van der Waals surface area contributed by atoms with Crippen molar-refractivity contribution in [3.05, 3.63) is 72.1 Å². The van der Waals surface area contributed by atoms with E-state index in [1.807, 2.05) is 30.3 Å². The molecule has 2 aromatic heterocycles. The molecule has 24 heavy (non-hydrogen) atoms. The second-order valence-electron chi connectivity index (χ2n) is 4.90. The van der Waals surface area contributed by atoms with Crippen LogP contribution in [0.25, 0.3) is 10.4 Å². The minimum Gasteiger partial charge on any atom is -0.465 e. The van der Waals surface area contributed by atoms with E-state index in [-0.39, 0.29) is 5.91 Å². The smallest absolute Gasteiger partial charge is 0.340 e. The summed E-state index contributed by atoms with van der Waals surface area (Å²) in [6.07, 6.45) is 3.08. The minimum absolute atomic E-state index is 0.302. The fourth-order valence-electron chi connectivity index (χ4n) is 2.17. The number of methoxy groups -OCH3 is 1. The van der Waals surface area contributed by atoms with Crippen LogP contribution in [0.3, 0.4) is 0 Å². The molecule has 0 saturated heterocycles. The van der Waals surface area contributed by atoms with Gasteiger partial charge in [0.05, 0.1) is 12.7 Å². The molecule has 0 spiro atoms. The van der Waals surface area contributed by atoms with Crippen LogP contribution in [0.1, 0.15) is 20.7 Å². The Morgan fingerprint density at radius 1 is 1.08 bits per heavy atom. The van der Waals surface area contributed by atoms with E-state index in [1.165, 1.54) is 18.4 Å². The van der Waals surface area contributed by atoms with Crippen LogP contribution < -0.4 is 5.32 Å². The molecule has 0 fully saturated rings. The molecule has 1 N–H and O–H groups in total. The van der Waals surface area contributed by atoms with E-state index in [4.69, 9.17) is 4.74 Å². The molecule has 0 radical (unpaired) electrons. The molecule has 0 aliphatic rings. The van der Waals surface area contributed by atoms with Gasteiger partial charge >= 0.3 is 5.97 Å². The number of pyridine rings is 1. The molecule has 0 saturated carbocycles. The molecule has 2 heterocycles. The average molecular weight is 338 g/mol.